The Labute approximate surface area is 79.4 Å². The highest BCUT2D eigenvalue weighted by Crippen LogP contribution is 2.11. The molecule has 0 unspecified atom stereocenters. The van der Waals surface area contributed by atoms with Gasteiger partial charge in [-0.2, -0.15) is 0 Å². The Bertz CT molecular complexity index is 285. The second kappa shape index (κ2) is 4.67. The molecule has 0 aliphatic carbocycles. The molecule has 1 aromatic rings. The lowest BCUT2D eigenvalue weighted by Crippen LogP contribution is -2.19. The van der Waals surface area contributed by atoms with Crippen LogP contribution in [0.3, 0.4) is 0 Å². The van der Waals surface area contributed by atoms with Gasteiger partial charge in [0.05, 0.1) is 5.70 Å². The lowest BCUT2D eigenvalue weighted by atomic mass is 10.1. The first kappa shape index (κ1) is 9.81. The van der Waals surface area contributed by atoms with Crippen molar-refractivity contribution in [1.82, 2.24) is 5.43 Å². The topological polar surface area (TPSA) is 38.0 Å². The largest absolute Gasteiger partial charge is 0.324 e. The smallest absolute Gasteiger partial charge is 0.0517 e. The number of hydrazine groups is 1. The molecule has 0 saturated carbocycles. The van der Waals surface area contributed by atoms with E-state index in [9.17, 15) is 0 Å². The molecule has 3 N–H and O–H groups in total. The Morgan fingerprint density at radius 1 is 1.38 bits per heavy atom. The fraction of sp³-hybridized carbons (Fsp3) is 0.273. The van der Waals surface area contributed by atoms with Crippen molar-refractivity contribution in [3.8, 4) is 0 Å². The summed E-state index contributed by atoms with van der Waals surface area (Å²) in [6.07, 6.45) is 3.05. The molecule has 0 radical (unpaired) electrons. The molecule has 0 bridgehead atoms. The highest BCUT2D eigenvalue weighted by atomic mass is 15.2. The van der Waals surface area contributed by atoms with Crippen LogP contribution in [-0.4, -0.2) is 0 Å². The van der Waals surface area contributed by atoms with Gasteiger partial charge in [-0.3, -0.25) is 5.84 Å². The van der Waals surface area contributed by atoms with E-state index < -0.39 is 0 Å². The standard InChI is InChI=1S/C11H16N2/c1-3-4-11(13-12)10-7-5-9(2)6-8-10/h4-8,13H,3,12H2,1-2H3/b11-4+. The lowest BCUT2D eigenvalue weighted by molar-refractivity contribution is 0.981. The van der Waals surface area contributed by atoms with Gasteiger partial charge in [-0.05, 0) is 18.9 Å². The summed E-state index contributed by atoms with van der Waals surface area (Å²) in [5.41, 5.74) is 6.08. The molecule has 0 heterocycles. The Morgan fingerprint density at radius 3 is 2.46 bits per heavy atom. The first-order valence-corrected chi connectivity index (χ1v) is 4.51. The second-order valence-corrected chi connectivity index (χ2v) is 3.04. The second-order valence-electron chi connectivity index (χ2n) is 3.04. The van der Waals surface area contributed by atoms with Gasteiger partial charge in [0.25, 0.3) is 0 Å². The Kier molecular flexibility index (Phi) is 3.53. The zero-order valence-corrected chi connectivity index (χ0v) is 8.17. The third kappa shape index (κ3) is 2.60. The van der Waals surface area contributed by atoms with E-state index in [0.29, 0.717) is 0 Å². The molecule has 1 rings (SSSR count). The maximum absolute atomic E-state index is 5.41. The Hall–Kier alpha value is -1.28. The molecule has 0 amide bonds. The molecule has 2 heteroatoms. The molecular formula is C11H16N2. The van der Waals surface area contributed by atoms with Gasteiger partial charge in [0.2, 0.25) is 0 Å². The summed E-state index contributed by atoms with van der Waals surface area (Å²) in [5, 5.41) is 0. The summed E-state index contributed by atoms with van der Waals surface area (Å²) >= 11 is 0. The van der Waals surface area contributed by atoms with Gasteiger partial charge in [0.1, 0.15) is 0 Å². The van der Waals surface area contributed by atoms with Crippen molar-refractivity contribution < 1.29 is 0 Å². The van der Waals surface area contributed by atoms with Gasteiger partial charge in [-0.1, -0.05) is 42.8 Å². The average molecular weight is 176 g/mol. The van der Waals surface area contributed by atoms with E-state index >= 15 is 0 Å². The number of allylic oxidation sites excluding steroid dienone is 1. The van der Waals surface area contributed by atoms with Gasteiger partial charge in [-0.15, -0.1) is 0 Å². The number of hydrogen-bond acceptors (Lipinski definition) is 2. The van der Waals surface area contributed by atoms with Crippen LogP contribution in [0.1, 0.15) is 24.5 Å². The van der Waals surface area contributed by atoms with E-state index in [1.165, 1.54) is 5.56 Å². The summed E-state index contributed by atoms with van der Waals surface area (Å²) in [6.45, 7) is 4.16. The minimum Gasteiger partial charge on any atom is -0.324 e. The SMILES string of the molecule is CC/C=C(/NN)c1ccc(C)cc1. The van der Waals surface area contributed by atoms with Crippen LogP contribution in [0.2, 0.25) is 0 Å². The van der Waals surface area contributed by atoms with Crippen LogP contribution in [0.5, 0.6) is 0 Å². The van der Waals surface area contributed by atoms with E-state index in [-0.39, 0.29) is 0 Å². The summed E-state index contributed by atoms with van der Waals surface area (Å²) in [4.78, 5) is 0. The normalized spacial score (nSPS) is 11.5. The van der Waals surface area contributed by atoms with Gasteiger partial charge in [0, 0.05) is 0 Å². The molecule has 70 valence electrons. The van der Waals surface area contributed by atoms with Gasteiger partial charge in [0.15, 0.2) is 0 Å². The molecule has 0 saturated heterocycles. The molecular weight excluding hydrogens is 160 g/mol. The van der Waals surface area contributed by atoms with Crippen molar-refractivity contribution in [2.45, 2.75) is 20.3 Å². The number of benzene rings is 1. The van der Waals surface area contributed by atoms with Crippen molar-refractivity contribution in [3.05, 3.63) is 41.5 Å². The molecule has 0 aliphatic rings. The van der Waals surface area contributed by atoms with E-state index in [1.54, 1.807) is 0 Å². The van der Waals surface area contributed by atoms with Crippen molar-refractivity contribution in [2.24, 2.45) is 5.84 Å². The molecule has 0 spiro atoms. The number of hydrogen-bond donors (Lipinski definition) is 2. The number of aryl methyl sites for hydroxylation is 1. The van der Waals surface area contributed by atoms with Crippen molar-refractivity contribution in [3.63, 3.8) is 0 Å². The van der Waals surface area contributed by atoms with Crippen molar-refractivity contribution >= 4 is 5.70 Å². The van der Waals surface area contributed by atoms with Gasteiger partial charge in [-0.25, -0.2) is 0 Å². The summed E-state index contributed by atoms with van der Waals surface area (Å²) < 4.78 is 0. The molecule has 0 atom stereocenters. The van der Waals surface area contributed by atoms with E-state index in [0.717, 1.165) is 17.7 Å². The maximum atomic E-state index is 5.41. The van der Waals surface area contributed by atoms with Gasteiger partial charge >= 0.3 is 0 Å². The van der Waals surface area contributed by atoms with Crippen LogP contribution in [-0.2, 0) is 0 Å². The fourth-order valence-electron chi connectivity index (χ4n) is 1.20. The zero-order valence-electron chi connectivity index (χ0n) is 8.17. The number of rotatable bonds is 3. The molecule has 1 aromatic carbocycles. The maximum Gasteiger partial charge on any atom is 0.0517 e. The third-order valence-corrected chi connectivity index (χ3v) is 1.93. The van der Waals surface area contributed by atoms with Crippen LogP contribution >= 0.6 is 0 Å². The van der Waals surface area contributed by atoms with Crippen LogP contribution in [0, 0.1) is 6.92 Å². The average Bonchev–Trinajstić information content (AvgIpc) is 2.16. The number of nitrogens with one attached hydrogen (secondary N) is 1. The quantitative estimate of drug-likeness (QED) is 0.547. The van der Waals surface area contributed by atoms with Crippen molar-refractivity contribution in [1.29, 1.82) is 0 Å². The summed E-state index contributed by atoms with van der Waals surface area (Å²) in [6, 6.07) is 8.29. The van der Waals surface area contributed by atoms with Crippen molar-refractivity contribution in [2.75, 3.05) is 0 Å². The molecule has 0 aromatic heterocycles. The highest BCUT2D eigenvalue weighted by molar-refractivity contribution is 5.63. The van der Waals surface area contributed by atoms with Crippen LogP contribution < -0.4 is 11.3 Å². The number of nitrogens with two attached hydrogens (primary N) is 1. The van der Waals surface area contributed by atoms with E-state index in [2.05, 4.69) is 49.6 Å². The first-order valence-electron chi connectivity index (χ1n) is 4.51. The summed E-state index contributed by atoms with van der Waals surface area (Å²) in [5.74, 6) is 5.41. The van der Waals surface area contributed by atoms with E-state index in [1.807, 2.05) is 0 Å². The monoisotopic (exact) mass is 176 g/mol. The Balaban J connectivity index is 2.92. The molecule has 2 nitrogen and oxygen atoms in total. The predicted octanol–water partition coefficient (Wildman–Crippen LogP) is 2.21. The lowest BCUT2D eigenvalue weighted by Gasteiger charge is -2.06. The minimum atomic E-state index is 0.980. The highest BCUT2D eigenvalue weighted by Gasteiger charge is 1.96. The van der Waals surface area contributed by atoms with Gasteiger partial charge < -0.3 is 5.43 Å². The van der Waals surface area contributed by atoms with Crippen LogP contribution in [0.15, 0.2) is 30.3 Å². The van der Waals surface area contributed by atoms with E-state index in [4.69, 9.17) is 5.84 Å². The summed E-state index contributed by atoms with van der Waals surface area (Å²) in [7, 11) is 0. The third-order valence-electron chi connectivity index (χ3n) is 1.93. The van der Waals surface area contributed by atoms with Crippen LogP contribution in [0.25, 0.3) is 5.70 Å². The first-order chi connectivity index (χ1) is 6.27. The minimum absolute atomic E-state index is 0.980. The fourth-order valence-corrected chi connectivity index (χ4v) is 1.20. The molecule has 0 aliphatic heterocycles. The molecule has 13 heavy (non-hydrogen) atoms. The van der Waals surface area contributed by atoms with Crippen LogP contribution in [0.4, 0.5) is 0 Å². The zero-order chi connectivity index (χ0) is 9.68. The Morgan fingerprint density at radius 2 is 2.00 bits per heavy atom. The predicted molar refractivity (Wildman–Crippen MR) is 56.8 cm³/mol. The molecule has 0 fully saturated rings.